The molecule has 7 atom stereocenters. The summed E-state index contributed by atoms with van der Waals surface area (Å²) in [6.07, 6.45) is 52.4. The van der Waals surface area contributed by atoms with Crippen molar-refractivity contribution in [1.29, 1.82) is 0 Å². The summed E-state index contributed by atoms with van der Waals surface area (Å²) in [5, 5.41) is 54.2. The Kier molecular flexibility index (Phi) is 43.6. The number of carbonyl (C=O) groups is 1. The number of unbranched alkanes of at least 4 members (excludes halogenated alkanes) is 33. The van der Waals surface area contributed by atoms with Crippen molar-refractivity contribution in [3.8, 4) is 0 Å². The Bertz CT molecular complexity index is 1110. The van der Waals surface area contributed by atoms with Crippen LogP contribution in [0.4, 0.5) is 0 Å². The van der Waals surface area contributed by atoms with Crippen LogP contribution in [0.5, 0.6) is 0 Å². The van der Waals surface area contributed by atoms with Crippen LogP contribution in [-0.4, -0.2) is 87.5 Å². The fourth-order valence-corrected chi connectivity index (χ4v) is 8.78. The summed E-state index contributed by atoms with van der Waals surface area (Å²) in [4.78, 5) is 12.9. The zero-order valence-electron chi connectivity index (χ0n) is 42.3. The molecule has 382 valence electrons. The molecule has 6 N–H and O–H groups in total. The normalized spacial score (nSPS) is 20.1. The van der Waals surface area contributed by atoms with Gasteiger partial charge in [-0.2, -0.15) is 0 Å². The second-order valence-corrected chi connectivity index (χ2v) is 19.4. The maximum Gasteiger partial charge on any atom is 0.220 e. The largest absolute Gasteiger partial charge is 0.394 e. The van der Waals surface area contributed by atoms with E-state index in [-0.39, 0.29) is 12.5 Å². The van der Waals surface area contributed by atoms with Gasteiger partial charge in [0.2, 0.25) is 5.91 Å². The second-order valence-electron chi connectivity index (χ2n) is 19.4. The molecule has 1 aliphatic heterocycles. The number of amides is 1. The number of hydrogen-bond acceptors (Lipinski definition) is 8. The molecule has 1 saturated heterocycles. The van der Waals surface area contributed by atoms with Gasteiger partial charge in [0.25, 0.3) is 0 Å². The maximum absolute atomic E-state index is 12.9. The zero-order valence-corrected chi connectivity index (χ0v) is 42.3. The molecule has 0 aliphatic carbocycles. The molecule has 0 aromatic heterocycles. The lowest BCUT2D eigenvalue weighted by atomic mass is 9.99. The fraction of sp³-hybridized carbons (Fsp3) is 0.875. The summed E-state index contributed by atoms with van der Waals surface area (Å²) >= 11 is 0. The SMILES string of the molecule is CCCCCCCCCCCCCCCCCCCCCCCC/C=C/CC/C=C/CC/C=C/C(O)C(COC1OC(CO)C(O)C(O)C1O)NC(=O)CCCCCCCCCCCC. The highest BCUT2D eigenvalue weighted by molar-refractivity contribution is 5.76. The average Bonchev–Trinajstić information content (AvgIpc) is 3.31. The minimum absolute atomic E-state index is 0.192. The third-order valence-corrected chi connectivity index (χ3v) is 13.2. The van der Waals surface area contributed by atoms with Crippen molar-refractivity contribution < 1.29 is 39.8 Å². The molecule has 0 radical (unpaired) electrons. The Balaban J connectivity index is 2.17. The molecule has 1 amide bonds. The molecule has 9 heteroatoms. The van der Waals surface area contributed by atoms with Crippen LogP contribution in [0.1, 0.15) is 258 Å². The van der Waals surface area contributed by atoms with Crippen LogP contribution in [0.3, 0.4) is 0 Å². The topological polar surface area (TPSA) is 149 Å². The Morgan fingerprint density at radius 3 is 1.29 bits per heavy atom. The molecular weight excluding hydrogens is 815 g/mol. The van der Waals surface area contributed by atoms with E-state index in [4.69, 9.17) is 9.47 Å². The first-order valence-electron chi connectivity index (χ1n) is 27.7. The van der Waals surface area contributed by atoms with Gasteiger partial charge in [-0.15, -0.1) is 0 Å². The van der Waals surface area contributed by atoms with Gasteiger partial charge >= 0.3 is 0 Å². The smallest absolute Gasteiger partial charge is 0.220 e. The second kappa shape index (κ2) is 46.2. The van der Waals surface area contributed by atoms with Gasteiger partial charge in [0.15, 0.2) is 6.29 Å². The third kappa shape index (κ3) is 36.1. The summed E-state index contributed by atoms with van der Waals surface area (Å²) in [6.45, 7) is 3.75. The van der Waals surface area contributed by atoms with Crippen LogP contribution < -0.4 is 5.32 Å². The molecule has 0 saturated carbocycles. The Labute approximate surface area is 400 Å². The zero-order chi connectivity index (χ0) is 47.3. The summed E-state index contributed by atoms with van der Waals surface area (Å²) < 4.78 is 11.2. The average molecular weight is 920 g/mol. The van der Waals surface area contributed by atoms with Crippen LogP contribution in [0.2, 0.25) is 0 Å². The minimum atomic E-state index is -1.57. The molecule has 7 unspecified atom stereocenters. The molecule has 1 fully saturated rings. The van der Waals surface area contributed by atoms with Gasteiger partial charge in [0, 0.05) is 6.42 Å². The van der Waals surface area contributed by atoms with Crippen molar-refractivity contribution in [2.45, 2.75) is 301 Å². The van der Waals surface area contributed by atoms with Crippen molar-refractivity contribution in [3.63, 3.8) is 0 Å². The van der Waals surface area contributed by atoms with E-state index in [9.17, 15) is 30.3 Å². The van der Waals surface area contributed by atoms with Gasteiger partial charge in [-0.3, -0.25) is 4.79 Å². The van der Waals surface area contributed by atoms with Crippen molar-refractivity contribution >= 4 is 5.91 Å². The number of aliphatic hydroxyl groups excluding tert-OH is 5. The predicted octanol–water partition coefficient (Wildman–Crippen LogP) is 13.2. The van der Waals surface area contributed by atoms with Crippen LogP contribution in [0.15, 0.2) is 36.5 Å². The Morgan fingerprint density at radius 2 is 0.877 bits per heavy atom. The molecule has 0 spiro atoms. The van der Waals surface area contributed by atoms with E-state index in [0.717, 1.165) is 44.9 Å². The van der Waals surface area contributed by atoms with E-state index < -0.39 is 49.5 Å². The number of ether oxygens (including phenoxy) is 2. The lowest BCUT2D eigenvalue weighted by molar-refractivity contribution is -0.302. The highest BCUT2D eigenvalue weighted by Gasteiger charge is 2.44. The molecule has 0 bridgehead atoms. The van der Waals surface area contributed by atoms with Gasteiger partial charge in [-0.25, -0.2) is 0 Å². The summed E-state index contributed by atoms with van der Waals surface area (Å²) in [5.74, 6) is -0.192. The number of nitrogens with one attached hydrogen (secondary N) is 1. The highest BCUT2D eigenvalue weighted by Crippen LogP contribution is 2.23. The number of aliphatic hydroxyl groups is 5. The van der Waals surface area contributed by atoms with E-state index in [0.29, 0.717) is 6.42 Å². The lowest BCUT2D eigenvalue weighted by Gasteiger charge is -2.40. The predicted molar refractivity (Wildman–Crippen MR) is 272 cm³/mol. The Hall–Kier alpha value is -1.59. The van der Waals surface area contributed by atoms with Crippen molar-refractivity contribution in [2.75, 3.05) is 13.2 Å². The number of carbonyl (C=O) groups excluding carboxylic acids is 1. The van der Waals surface area contributed by atoms with E-state index in [1.54, 1.807) is 6.08 Å². The van der Waals surface area contributed by atoms with Crippen LogP contribution in [0, 0.1) is 0 Å². The van der Waals surface area contributed by atoms with Gasteiger partial charge in [0.05, 0.1) is 25.4 Å². The first-order valence-corrected chi connectivity index (χ1v) is 27.7. The minimum Gasteiger partial charge on any atom is -0.394 e. The molecule has 65 heavy (non-hydrogen) atoms. The van der Waals surface area contributed by atoms with E-state index in [1.165, 1.54) is 193 Å². The molecular formula is C56H105NO8. The van der Waals surface area contributed by atoms with E-state index >= 15 is 0 Å². The van der Waals surface area contributed by atoms with Gasteiger partial charge in [-0.1, -0.05) is 243 Å². The summed E-state index contributed by atoms with van der Waals surface area (Å²) in [7, 11) is 0. The first-order chi connectivity index (χ1) is 31.8. The third-order valence-electron chi connectivity index (χ3n) is 13.2. The number of rotatable bonds is 47. The molecule has 1 heterocycles. The summed E-state index contributed by atoms with van der Waals surface area (Å²) in [6, 6.07) is -0.824. The van der Waals surface area contributed by atoms with Crippen molar-refractivity contribution in [2.24, 2.45) is 0 Å². The van der Waals surface area contributed by atoms with Crippen LogP contribution in [0.25, 0.3) is 0 Å². The van der Waals surface area contributed by atoms with Gasteiger partial charge in [0.1, 0.15) is 24.4 Å². The molecule has 1 aliphatic rings. The first kappa shape index (κ1) is 61.4. The quantitative estimate of drug-likeness (QED) is 0.0261. The fourth-order valence-electron chi connectivity index (χ4n) is 8.78. The molecule has 9 nitrogen and oxygen atoms in total. The summed E-state index contributed by atoms with van der Waals surface area (Å²) in [5.41, 5.74) is 0. The molecule has 1 rings (SSSR count). The van der Waals surface area contributed by atoms with E-state index in [1.807, 2.05) is 6.08 Å². The van der Waals surface area contributed by atoms with Crippen molar-refractivity contribution in [3.05, 3.63) is 36.5 Å². The molecule has 0 aromatic rings. The molecule has 0 aromatic carbocycles. The number of allylic oxidation sites excluding steroid dienone is 5. The number of hydrogen-bond donors (Lipinski definition) is 6. The highest BCUT2D eigenvalue weighted by atomic mass is 16.7. The van der Waals surface area contributed by atoms with Crippen LogP contribution >= 0.6 is 0 Å². The Morgan fingerprint density at radius 1 is 0.508 bits per heavy atom. The standard InChI is InChI=1S/C56H105NO8/c1-3-5-7-9-11-13-15-16-17-18-19-20-21-22-23-24-25-26-27-28-29-30-31-32-33-34-35-36-37-39-41-43-45-50(59)49(48-64-56-55(63)54(62)53(61)51(47-58)65-56)57-52(60)46-44-42-40-38-14-12-10-8-6-4-2/h32-33,36-37,43,45,49-51,53-56,58-59,61-63H,3-31,34-35,38-42,44,46-48H2,1-2H3,(H,57,60)/b33-32+,37-36+,45-43+. The monoisotopic (exact) mass is 920 g/mol. The lowest BCUT2D eigenvalue weighted by Crippen LogP contribution is -2.60. The van der Waals surface area contributed by atoms with E-state index in [2.05, 4.69) is 43.5 Å². The van der Waals surface area contributed by atoms with Gasteiger partial charge in [-0.05, 0) is 44.9 Å². The van der Waals surface area contributed by atoms with Crippen molar-refractivity contribution in [1.82, 2.24) is 5.32 Å². The van der Waals surface area contributed by atoms with Gasteiger partial charge < -0.3 is 40.3 Å². The maximum atomic E-state index is 12.9. The van der Waals surface area contributed by atoms with Crippen LogP contribution in [-0.2, 0) is 14.3 Å².